The van der Waals surface area contributed by atoms with Crippen molar-refractivity contribution < 1.29 is 9.90 Å². The van der Waals surface area contributed by atoms with E-state index in [1.54, 1.807) is 24.5 Å². The third kappa shape index (κ3) is 2.66. The van der Waals surface area contributed by atoms with Crippen LogP contribution in [0.5, 0.6) is 0 Å². The number of hydrogen-bond donors (Lipinski definition) is 2. The van der Waals surface area contributed by atoms with Gasteiger partial charge >= 0.3 is 5.97 Å². The highest BCUT2D eigenvalue weighted by Gasteiger charge is 1.94. The summed E-state index contributed by atoms with van der Waals surface area (Å²) >= 11 is 0. The molecule has 0 aromatic carbocycles. The molecule has 1 heterocycles. The highest BCUT2D eigenvalue weighted by Crippen LogP contribution is 2.00. The molecule has 0 spiro atoms. The highest BCUT2D eigenvalue weighted by molar-refractivity contribution is 5.72. The van der Waals surface area contributed by atoms with Gasteiger partial charge in [0, 0.05) is 12.4 Å². The number of pyridine rings is 1. The molecular formula is C7H8N2O2. The lowest BCUT2D eigenvalue weighted by molar-refractivity contribution is -0.134. The van der Waals surface area contributed by atoms with E-state index in [2.05, 4.69) is 10.3 Å². The minimum absolute atomic E-state index is 0.0777. The number of carbonyl (C=O) groups is 1. The maximum Gasteiger partial charge on any atom is 0.322 e. The number of nitrogens with zero attached hydrogens (tertiary/aromatic N) is 1. The fraction of sp³-hybridized carbons (Fsp3) is 0.143. The molecule has 0 aliphatic carbocycles. The van der Waals surface area contributed by atoms with Crippen LogP contribution in [0.3, 0.4) is 0 Å². The molecule has 1 rings (SSSR count). The predicted octanol–water partition coefficient (Wildman–Crippen LogP) is 0.578. The molecule has 0 saturated heterocycles. The Balaban J connectivity index is 2.45. The summed E-state index contributed by atoms with van der Waals surface area (Å²) in [5, 5.41) is 11.0. The lowest BCUT2D eigenvalue weighted by Gasteiger charge is -1.99. The second kappa shape index (κ2) is 3.55. The van der Waals surface area contributed by atoms with Crippen molar-refractivity contribution in [2.75, 3.05) is 11.9 Å². The molecule has 0 atom stereocenters. The number of carboxylic acid groups (broad SMARTS) is 1. The van der Waals surface area contributed by atoms with Crippen molar-refractivity contribution in [1.82, 2.24) is 4.98 Å². The molecule has 1 aromatic heterocycles. The molecule has 0 radical (unpaired) electrons. The predicted molar refractivity (Wildman–Crippen MR) is 40.4 cm³/mol. The summed E-state index contributed by atoms with van der Waals surface area (Å²) in [5.41, 5.74) is 0.718. The van der Waals surface area contributed by atoms with Crippen molar-refractivity contribution >= 4 is 11.7 Å². The van der Waals surface area contributed by atoms with Gasteiger partial charge in [0.25, 0.3) is 0 Å². The molecule has 58 valence electrons. The zero-order valence-corrected chi connectivity index (χ0v) is 5.82. The van der Waals surface area contributed by atoms with E-state index in [1.165, 1.54) is 0 Å². The maximum atomic E-state index is 10.1. The van der Waals surface area contributed by atoms with Crippen LogP contribution in [0.25, 0.3) is 0 Å². The van der Waals surface area contributed by atoms with Crippen molar-refractivity contribution in [2.45, 2.75) is 0 Å². The van der Waals surface area contributed by atoms with E-state index < -0.39 is 5.97 Å². The fourth-order valence-corrected chi connectivity index (χ4v) is 0.645. The van der Waals surface area contributed by atoms with E-state index in [0.717, 1.165) is 5.69 Å². The number of rotatable bonds is 3. The summed E-state index contributed by atoms with van der Waals surface area (Å²) in [4.78, 5) is 13.9. The van der Waals surface area contributed by atoms with Crippen LogP contribution in [0.4, 0.5) is 5.69 Å². The molecule has 1 aromatic rings. The van der Waals surface area contributed by atoms with Crippen molar-refractivity contribution in [3.8, 4) is 0 Å². The Morgan fingerprint density at radius 1 is 1.73 bits per heavy atom. The molecule has 0 unspecified atom stereocenters. The summed E-state index contributed by atoms with van der Waals surface area (Å²) in [5.74, 6) is -0.881. The van der Waals surface area contributed by atoms with Gasteiger partial charge in [-0.15, -0.1) is 0 Å². The lowest BCUT2D eigenvalue weighted by atomic mass is 10.4. The van der Waals surface area contributed by atoms with Gasteiger partial charge in [0.2, 0.25) is 0 Å². The summed E-state index contributed by atoms with van der Waals surface area (Å²) < 4.78 is 0. The van der Waals surface area contributed by atoms with E-state index in [1.807, 2.05) is 0 Å². The summed E-state index contributed by atoms with van der Waals surface area (Å²) in [6.07, 6.45) is 3.20. The monoisotopic (exact) mass is 152 g/mol. The molecule has 0 saturated carbocycles. The standard InChI is InChI=1S/C7H8N2O2/c10-7(11)5-9-6-2-1-3-8-4-6/h1-4,9H,5H2,(H,10,11). The summed E-state index contributed by atoms with van der Waals surface area (Å²) in [6, 6.07) is 3.50. The molecule has 0 amide bonds. The first-order valence-electron chi connectivity index (χ1n) is 3.15. The highest BCUT2D eigenvalue weighted by atomic mass is 16.4. The van der Waals surface area contributed by atoms with Crippen molar-refractivity contribution in [3.05, 3.63) is 24.5 Å². The Morgan fingerprint density at radius 2 is 2.55 bits per heavy atom. The van der Waals surface area contributed by atoms with Crippen LogP contribution in [0.1, 0.15) is 0 Å². The fourth-order valence-electron chi connectivity index (χ4n) is 0.645. The Morgan fingerprint density at radius 3 is 3.09 bits per heavy atom. The first-order valence-corrected chi connectivity index (χ1v) is 3.15. The van der Waals surface area contributed by atoms with Gasteiger partial charge in [-0.25, -0.2) is 0 Å². The second-order valence-corrected chi connectivity index (χ2v) is 1.99. The van der Waals surface area contributed by atoms with Gasteiger partial charge in [-0.3, -0.25) is 9.78 Å². The summed E-state index contributed by atoms with van der Waals surface area (Å²) in [6.45, 7) is -0.0777. The molecule has 0 aliphatic heterocycles. The van der Waals surface area contributed by atoms with E-state index in [9.17, 15) is 4.79 Å². The normalized spacial score (nSPS) is 9.09. The molecule has 11 heavy (non-hydrogen) atoms. The number of carboxylic acids is 1. The van der Waals surface area contributed by atoms with Crippen LogP contribution in [0.15, 0.2) is 24.5 Å². The number of anilines is 1. The minimum atomic E-state index is -0.881. The molecule has 0 fully saturated rings. The number of hydrogen-bond acceptors (Lipinski definition) is 3. The Kier molecular flexibility index (Phi) is 2.43. The van der Waals surface area contributed by atoms with Gasteiger partial charge in [-0.2, -0.15) is 0 Å². The Hall–Kier alpha value is -1.58. The van der Waals surface area contributed by atoms with Crippen LogP contribution < -0.4 is 5.32 Å². The third-order valence-electron chi connectivity index (χ3n) is 1.11. The molecule has 4 nitrogen and oxygen atoms in total. The maximum absolute atomic E-state index is 10.1. The SMILES string of the molecule is O=C(O)CNc1cccnc1. The van der Waals surface area contributed by atoms with Gasteiger partial charge in [0.15, 0.2) is 0 Å². The van der Waals surface area contributed by atoms with Gasteiger partial charge in [0.05, 0.1) is 5.69 Å². The molecule has 0 aliphatic rings. The van der Waals surface area contributed by atoms with Crippen molar-refractivity contribution in [3.63, 3.8) is 0 Å². The van der Waals surface area contributed by atoms with Crippen molar-refractivity contribution in [2.24, 2.45) is 0 Å². The average molecular weight is 152 g/mol. The van der Waals surface area contributed by atoms with Gasteiger partial charge < -0.3 is 10.4 Å². The average Bonchev–Trinajstić information content (AvgIpc) is 2.03. The number of aliphatic carboxylic acids is 1. The molecular weight excluding hydrogens is 144 g/mol. The van der Waals surface area contributed by atoms with Crippen LogP contribution in [-0.2, 0) is 4.79 Å². The summed E-state index contributed by atoms with van der Waals surface area (Å²) in [7, 11) is 0. The van der Waals surface area contributed by atoms with Gasteiger partial charge in [-0.05, 0) is 12.1 Å². The Bertz CT molecular complexity index is 235. The molecule has 2 N–H and O–H groups in total. The first kappa shape index (κ1) is 7.53. The minimum Gasteiger partial charge on any atom is -0.480 e. The smallest absolute Gasteiger partial charge is 0.322 e. The van der Waals surface area contributed by atoms with Crippen LogP contribution >= 0.6 is 0 Å². The quantitative estimate of drug-likeness (QED) is 0.665. The zero-order valence-electron chi connectivity index (χ0n) is 5.82. The molecule has 0 bridgehead atoms. The molecule has 4 heteroatoms. The third-order valence-corrected chi connectivity index (χ3v) is 1.11. The zero-order chi connectivity index (χ0) is 8.10. The first-order chi connectivity index (χ1) is 5.29. The van der Waals surface area contributed by atoms with Crippen LogP contribution in [0, 0.1) is 0 Å². The number of nitrogens with one attached hydrogen (secondary N) is 1. The largest absolute Gasteiger partial charge is 0.480 e. The van der Waals surface area contributed by atoms with Gasteiger partial charge in [-0.1, -0.05) is 0 Å². The number of aromatic nitrogens is 1. The van der Waals surface area contributed by atoms with E-state index >= 15 is 0 Å². The van der Waals surface area contributed by atoms with Crippen molar-refractivity contribution in [1.29, 1.82) is 0 Å². The van der Waals surface area contributed by atoms with Crippen LogP contribution in [-0.4, -0.2) is 22.6 Å². The van der Waals surface area contributed by atoms with E-state index in [-0.39, 0.29) is 6.54 Å². The van der Waals surface area contributed by atoms with Gasteiger partial charge in [0.1, 0.15) is 6.54 Å². The lowest BCUT2D eigenvalue weighted by Crippen LogP contribution is -2.12. The van der Waals surface area contributed by atoms with Crippen LogP contribution in [0.2, 0.25) is 0 Å². The Labute approximate surface area is 63.9 Å². The van der Waals surface area contributed by atoms with E-state index in [4.69, 9.17) is 5.11 Å². The second-order valence-electron chi connectivity index (χ2n) is 1.99. The van der Waals surface area contributed by atoms with E-state index in [0.29, 0.717) is 0 Å². The topological polar surface area (TPSA) is 62.2 Å².